The van der Waals surface area contributed by atoms with E-state index in [-0.39, 0.29) is 6.54 Å². The fourth-order valence-corrected chi connectivity index (χ4v) is 3.08. The van der Waals surface area contributed by atoms with Crippen LogP contribution in [-0.4, -0.2) is 35.6 Å². The zero-order valence-electron chi connectivity index (χ0n) is 9.76. The SMILES string of the molecule is Cn1ncc(CNS(=O)(=O)N2CCCC2)c1N. The first kappa shape index (κ1) is 12.3. The van der Waals surface area contributed by atoms with Crippen LogP contribution < -0.4 is 10.5 Å². The highest BCUT2D eigenvalue weighted by atomic mass is 32.2. The molecule has 0 atom stereocenters. The van der Waals surface area contributed by atoms with Crippen molar-refractivity contribution in [3.05, 3.63) is 11.8 Å². The predicted octanol–water partition coefficient (Wildman–Crippen LogP) is -0.567. The first-order valence-corrected chi connectivity index (χ1v) is 6.96. The van der Waals surface area contributed by atoms with E-state index in [0.29, 0.717) is 24.5 Å². The van der Waals surface area contributed by atoms with E-state index >= 15 is 0 Å². The van der Waals surface area contributed by atoms with E-state index in [4.69, 9.17) is 5.73 Å². The third-order valence-electron chi connectivity index (χ3n) is 2.91. The van der Waals surface area contributed by atoms with Crippen molar-refractivity contribution in [2.24, 2.45) is 7.05 Å². The normalized spacial score (nSPS) is 17.7. The third-order valence-corrected chi connectivity index (χ3v) is 4.47. The van der Waals surface area contributed by atoms with Crippen molar-refractivity contribution in [1.29, 1.82) is 0 Å². The average molecular weight is 259 g/mol. The molecule has 3 N–H and O–H groups in total. The van der Waals surface area contributed by atoms with Crippen LogP contribution in [0.25, 0.3) is 0 Å². The van der Waals surface area contributed by atoms with Crippen LogP contribution >= 0.6 is 0 Å². The van der Waals surface area contributed by atoms with Gasteiger partial charge < -0.3 is 5.73 Å². The number of aryl methyl sites for hydroxylation is 1. The summed E-state index contributed by atoms with van der Waals surface area (Å²) in [7, 11) is -1.66. The number of hydrogen-bond acceptors (Lipinski definition) is 4. The Kier molecular flexibility index (Phi) is 3.36. The fraction of sp³-hybridized carbons (Fsp3) is 0.667. The Morgan fingerprint density at radius 2 is 2.12 bits per heavy atom. The second kappa shape index (κ2) is 4.63. The number of nitrogens with two attached hydrogens (primary N) is 1. The van der Waals surface area contributed by atoms with Crippen molar-refractivity contribution in [3.8, 4) is 0 Å². The van der Waals surface area contributed by atoms with E-state index in [2.05, 4.69) is 9.82 Å². The molecule has 0 spiro atoms. The van der Waals surface area contributed by atoms with E-state index in [9.17, 15) is 8.42 Å². The summed E-state index contributed by atoms with van der Waals surface area (Å²) in [4.78, 5) is 0. The molecule has 1 aromatic heterocycles. The van der Waals surface area contributed by atoms with Crippen LogP contribution in [0.15, 0.2) is 6.20 Å². The zero-order chi connectivity index (χ0) is 12.5. The summed E-state index contributed by atoms with van der Waals surface area (Å²) in [6.45, 7) is 1.37. The summed E-state index contributed by atoms with van der Waals surface area (Å²) >= 11 is 0. The van der Waals surface area contributed by atoms with Crippen molar-refractivity contribution >= 4 is 16.0 Å². The Bertz CT molecular complexity index is 489. The number of rotatable bonds is 4. The van der Waals surface area contributed by atoms with Gasteiger partial charge in [0.1, 0.15) is 5.82 Å². The topological polar surface area (TPSA) is 93.2 Å². The maximum atomic E-state index is 11.9. The van der Waals surface area contributed by atoms with E-state index in [1.807, 2.05) is 0 Å². The van der Waals surface area contributed by atoms with Gasteiger partial charge in [-0.2, -0.15) is 22.5 Å². The van der Waals surface area contributed by atoms with E-state index in [1.165, 1.54) is 8.99 Å². The van der Waals surface area contributed by atoms with Gasteiger partial charge in [0, 0.05) is 32.2 Å². The van der Waals surface area contributed by atoms with Gasteiger partial charge in [-0.15, -0.1) is 0 Å². The summed E-state index contributed by atoms with van der Waals surface area (Å²) in [5, 5.41) is 3.96. The van der Waals surface area contributed by atoms with Gasteiger partial charge in [-0.3, -0.25) is 4.68 Å². The van der Waals surface area contributed by atoms with Crippen LogP contribution in [0.1, 0.15) is 18.4 Å². The number of nitrogen functional groups attached to an aromatic ring is 1. The molecule has 17 heavy (non-hydrogen) atoms. The van der Waals surface area contributed by atoms with E-state index in [1.54, 1.807) is 13.2 Å². The Hall–Kier alpha value is -1.12. The molecule has 0 unspecified atom stereocenters. The molecule has 2 rings (SSSR count). The van der Waals surface area contributed by atoms with Gasteiger partial charge in [0.15, 0.2) is 0 Å². The van der Waals surface area contributed by atoms with Crippen LogP contribution in [0.2, 0.25) is 0 Å². The molecule has 1 aromatic rings. The van der Waals surface area contributed by atoms with E-state index < -0.39 is 10.2 Å². The second-order valence-electron chi connectivity index (χ2n) is 4.11. The van der Waals surface area contributed by atoms with Gasteiger partial charge >= 0.3 is 0 Å². The molecule has 0 amide bonds. The smallest absolute Gasteiger partial charge is 0.279 e. The van der Waals surface area contributed by atoms with Gasteiger partial charge in [0.05, 0.1) is 6.20 Å². The number of anilines is 1. The lowest BCUT2D eigenvalue weighted by molar-refractivity contribution is 0.465. The summed E-state index contributed by atoms with van der Waals surface area (Å²) in [5.41, 5.74) is 6.43. The highest BCUT2D eigenvalue weighted by Crippen LogP contribution is 2.13. The predicted molar refractivity (Wildman–Crippen MR) is 64.2 cm³/mol. The number of nitrogens with zero attached hydrogens (tertiary/aromatic N) is 3. The molecule has 8 heteroatoms. The highest BCUT2D eigenvalue weighted by molar-refractivity contribution is 7.87. The molecule has 1 aliphatic rings. The molecular formula is C9H17N5O2S. The summed E-state index contributed by atoms with van der Waals surface area (Å²) < 4.78 is 29.2. The van der Waals surface area contributed by atoms with Gasteiger partial charge in [0.25, 0.3) is 10.2 Å². The maximum absolute atomic E-state index is 11.9. The van der Waals surface area contributed by atoms with Crippen molar-refractivity contribution in [3.63, 3.8) is 0 Å². The Balaban J connectivity index is 2.00. The Morgan fingerprint density at radius 3 is 2.65 bits per heavy atom. The molecule has 1 aliphatic heterocycles. The molecule has 1 saturated heterocycles. The fourth-order valence-electron chi connectivity index (χ4n) is 1.82. The van der Waals surface area contributed by atoms with Crippen LogP contribution in [0.5, 0.6) is 0 Å². The molecule has 7 nitrogen and oxygen atoms in total. The summed E-state index contributed by atoms with van der Waals surface area (Å²) in [6, 6.07) is 0. The van der Waals surface area contributed by atoms with Crippen LogP contribution in [0.4, 0.5) is 5.82 Å². The van der Waals surface area contributed by atoms with Gasteiger partial charge in [0.2, 0.25) is 0 Å². The second-order valence-corrected chi connectivity index (χ2v) is 5.87. The van der Waals surface area contributed by atoms with Crippen molar-refractivity contribution in [2.45, 2.75) is 19.4 Å². The van der Waals surface area contributed by atoms with Gasteiger partial charge in [-0.1, -0.05) is 0 Å². The molecule has 0 aliphatic carbocycles. The quantitative estimate of drug-likeness (QED) is 0.757. The van der Waals surface area contributed by atoms with Crippen molar-refractivity contribution in [2.75, 3.05) is 18.8 Å². The van der Waals surface area contributed by atoms with E-state index in [0.717, 1.165) is 12.8 Å². The first-order valence-electron chi connectivity index (χ1n) is 5.52. The Labute approximate surface area is 101 Å². The van der Waals surface area contributed by atoms with Crippen LogP contribution in [0, 0.1) is 0 Å². The minimum absolute atomic E-state index is 0.179. The molecule has 0 aromatic carbocycles. The molecule has 1 fully saturated rings. The third kappa shape index (κ3) is 2.59. The van der Waals surface area contributed by atoms with Crippen molar-refractivity contribution in [1.82, 2.24) is 18.8 Å². The first-order chi connectivity index (χ1) is 8.00. The van der Waals surface area contributed by atoms with Gasteiger partial charge in [-0.25, -0.2) is 0 Å². The number of aromatic nitrogens is 2. The average Bonchev–Trinajstić information content (AvgIpc) is 2.90. The molecular weight excluding hydrogens is 242 g/mol. The lowest BCUT2D eigenvalue weighted by atomic mass is 10.3. The standard InChI is InChI=1S/C9H17N5O2S/c1-13-9(10)8(6-11-13)7-12-17(15,16)14-4-2-3-5-14/h6,12H,2-5,7,10H2,1H3. The lowest BCUT2D eigenvalue weighted by Gasteiger charge is -2.15. The Morgan fingerprint density at radius 1 is 1.47 bits per heavy atom. The molecule has 96 valence electrons. The monoisotopic (exact) mass is 259 g/mol. The minimum Gasteiger partial charge on any atom is -0.384 e. The van der Waals surface area contributed by atoms with Crippen LogP contribution in [-0.2, 0) is 23.8 Å². The largest absolute Gasteiger partial charge is 0.384 e. The molecule has 0 saturated carbocycles. The molecule has 2 heterocycles. The molecule has 0 radical (unpaired) electrons. The summed E-state index contributed by atoms with van der Waals surface area (Å²) in [5.74, 6) is 0.481. The molecule has 0 bridgehead atoms. The maximum Gasteiger partial charge on any atom is 0.279 e. The zero-order valence-corrected chi connectivity index (χ0v) is 10.6. The highest BCUT2D eigenvalue weighted by Gasteiger charge is 2.24. The van der Waals surface area contributed by atoms with Crippen LogP contribution in [0.3, 0.4) is 0 Å². The number of hydrogen-bond donors (Lipinski definition) is 2. The van der Waals surface area contributed by atoms with Gasteiger partial charge in [-0.05, 0) is 12.8 Å². The number of nitrogens with one attached hydrogen (secondary N) is 1. The van der Waals surface area contributed by atoms with Crippen molar-refractivity contribution < 1.29 is 8.42 Å². The minimum atomic E-state index is -3.37. The lowest BCUT2D eigenvalue weighted by Crippen LogP contribution is -2.38. The summed E-state index contributed by atoms with van der Waals surface area (Å²) in [6.07, 6.45) is 3.42.